The van der Waals surface area contributed by atoms with Crippen LogP contribution in [-0.2, 0) is 0 Å². The molecular weight excluding hydrogens is 69.7 g/mol. The molecular formula is C4H8B2-2. The Bertz CT molecular complexity index is 17.5. The third-order valence-corrected chi connectivity index (χ3v) is 0.658. The van der Waals surface area contributed by atoms with Gasteiger partial charge in [0.1, 0.15) is 0 Å². The molecule has 2 heteroatoms. The van der Waals surface area contributed by atoms with Crippen LogP contribution >= 0.6 is 0 Å². The van der Waals surface area contributed by atoms with Gasteiger partial charge >= 0.3 is 0 Å². The maximum atomic E-state index is 5.16. The van der Waals surface area contributed by atoms with E-state index in [1.165, 1.54) is 0 Å². The summed E-state index contributed by atoms with van der Waals surface area (Å²) >= 11 is 0. The number of hydrogen-bond donors (Lipinski definition) is 0. The fourth-order valence-electron chi connectivity index (χ4n) is 0.289. The molecule has 0 aliphatic rings. The Morgan fingerprint density at radius 1 is 0.833 bits per heavy atom. The Hall–Kier alpha value is 0.130. The van der Waals surface area contributed by atoms with E-state index in [0.717, 1.165) is 25.5 Å². The normalized spacial score (nSPS) is 9.00. The summed E-state index contributed by atoms with van der Waals surface area (Å²) in [5, 5.41) is 0. The van der Waals surface area contributed by atoms with Crippen molar-refractivity contribution in [2.45, 2.75) is 25.5 Å². The van der Waals surface area contributed by atoms with Crippen LogP contribution < -0.4 is 0 Å². The Balaban J connectivity index is 2.34. The van der Waals surface area contributed by atoms with Crippen molar-refractivity contribution in [2.75, 3.05) is 0 Å². The number of unbranched alkanes of at least 4 members (excludes halogenated alkanes) is 1. The van der Waals surface area contributed by atoms with Gasteiger partial charge in [-0.3, -0.25) is 12.6 Å². The van der Waals surface area contributed by atoms with Crippen LogP contribution in [-0.4, -0.2) is 15.7 Å². The lowest BCUT2D eigenvalue weighted by molar-refractivity contribution is 0.881. The van der Waals surface area contributed by atoms with Gasteiger partial charge in [-0.1, -0.05) is 12.8 Å². The van der Waals surface area contributed by atoms with Gasteiger partial charge in [0.15, 0.2) is 0 Å². The molecule has 0 N–H and O–H groups in total. The molecule has 0 aromatic rings. The van der Waals surface area contributed by atoms with Crippen molar-refractivity contribution in [3.05, 3.63) is 0 Å². The molecule has 0 amide bonds. The Morgan fingerprint density at radius 3 is 1.33 bits per heavy atom. The van der Waals surface area contributed by atoms with Gasteiger partial charge < -0.3 is 15.7 Å². The van der Waals surface area contributed by atoms with Gasteiger partial charge in [0.05, 0.1) is 0 Å². The zero-order chi connectivity index (χ0) is 4.83. The first-order valence-electron chi connectivity index (χ1n) is 2.32. The van der Waals surface area contributed by atoms with Crippen molar-refractivity contribution in [2.24, 2.45) is 0 Å². The maximum absolute atomic E-state index is 5.16. The smallest absolute Gasteiger partial charge is 0.0958 e. The second-order valence-electron chi connectivity index (χ2n) is 1.28. The van der Waals surface area contributed by atoms with E-state index in [2.05, 4.69) is 0 Å². The highest BCUT2D eigenvalue weighted by molar-refractivity contribution is 6.09. The van der Waals surface area contributed by atoms with E-state index in [1.807, 2.05) is 0 Å². The minimum Gasteiger partial charge on any atom is -0.626 e. The van der Waals surface area contributed by atoms with Crippen molar-refractivity contribution in [1.82, 2.24) is 0 Å². The third-order valence-electron chi connectivity index (χ3n) is 0.658. The van der Waals surface area contributed by atoms with Crippen molar-refractivity contribution < 1.29 is 0 Å². The van der Waals surface area contributed by atoms with E-state index in [-0.39, 0.29) is 0 Å². The molecule has 0 atom stereocenters. The van der Waals surface area contributed by atoms with E-state index in [0.29, 0.717) is 0 Å². The second-order valence-corrected chi connectivity index (χ2v) is 1.28. The van der Waals surface area contributed by atoms with Crippen molar-refractivity contribution in [1.29, 1.82) is 0 Å². The zero-order valence-corrected chi connectivity index (χ0v) is 3.98. The molecule has 0 bridgehead atoms. The molecule has 0 saturated carbocycles. The molecule has 0 aromatic heterocycles. The molecule has 0 rings (SSSR count). The average Bonchev–Trinajstić information content (AvgIpc) is 1.61. The molecule has 0 aromatic carbocycles. The Labute approximate surface area is 42.1 Å². The molecule has 0 saturated heterocycles. The van der Waals surface area contributed by atoms with Crippen LogP contribution in [0.1, 0.15) is 12.8 Å². The predicted molar refractivity (Wildman–Crippen MR) is 30.4 cm³/mol. The highest BCUT2D eigenvalue weighted by Gasteiger charge is 1.61. The van der Waals surface area contributed by atoms with E-state index >= 15 is 0 Å². The molecule has 0 nitrogen and oxygen atoms in total. The van der Waals surface area contributed by atoms with Crippen LogP contribution in [0.2, 0.25) is 12.6 Å². The van der Waals surface area contributed by atoms with Gasteiger partial charge in [0, 0.05) is 0 Å². The van der Waals surface area contributed by atoms with E-state index in [1.54, 1.807) is 0 Å². The zero-order valence-electron chi connectivity index (χ0n) is 3.98. The highest BCUT2D eigenvalue weighted by atomic mass is 13.7. The summed E-state index contributed by atoms with van der Waals surface area (Å²) in [4.78, 5) is 0. The predicted octanol–water partition coefficient (Wildman–Crippen LogP) is 0.940. The molecule has 0 spiro atoms. The van der Waals surface area contributed by atoms with E-state index in [4.69, 9.17) is 15.7 Å². The number of hydrogen-bond acceptors (Lipinski definition) is 0. The van der Waals surface area contributed by atoms with E-state index in [9.17, 15) is 0 Å². The van der Waals surface area contributed by atoms with Crippen LogP contribution in [0.15, 0.2) is 0 Å². The number of rotatable bonds is 3. The summed E-state index contributed by atoms with van der Waals surface area (Å²) in [5.41, 5.74) is 0. The van der Waals surface area contributed by atoms with Crippen LogP contribution in [0.25, 0.3) is 0 Å². The quantitative estimate of drug-likeness (QED) is 0.348. The fraction of sp³-hybridized carbons (Fsp3) is 1.00. The third kappa shape index (κ3) is 4.13. The second kappa shape index (κ2) is 5.13. The van der Waals surface area contributed by atoms with Crippen LogP contribution in [0.4, 0.5) is 0 Å². The van der Waals surface area contributed by atoms with Gasteiger partial charge in [0.2, 0.25) is 0 Å². The first kappa shape index (κ1) is 6.13. The average molecular weight is 77.7 g/mol. The standard InChI is InChI=1S/C4H8B2/c5-3-1-2-4-6/h1-4H2/q-2. The molecule has 0 fully saturated rings. The van der Waals surface area contributed by atoms with E-state index < -0.39 is 0 Å². The lowest BCUT2D eigenvalue weighted by Crippen LogP contribution is -1.71. The first-order chi connectivity index (χ1) is 2.91. The summed E-state index contributed by atoms with van der Waals surface area (Å²) in [7, 11) is 10.3. The minimum atomic E-state index is 0.775. The van der Waals surface area contributed by atoms with Crippen molar-refractivity contribution in [3.63, 3.8) is 0 Å². The van der Waals surface area contributed by atoms with Crippen LogP contribution in [0.5, 0.6) is 0 Å². The van der Waals surface area contributed by atoms with Crippen LogP contribution in [0.3, 0.4) is 0 Å². The van der Waals surface area contributed by atoms with Crippen molar-refractivity contribution >= 4 is 15.7 Å². The van der Waals surface area contributed by atoms with Gasteiger partial charge in [-0.15, -0.1) is 0 Å². The summed E-state index contributed by atoms with van der Waals surface area (Å²) in [6, 6.07) is 0. The lowest BCUT2D eigenvalue weighted by Gasteiger charge is -2.04. The van der Waals surface area contributed by atoms with Gasteiger partial charge in [-0.05, 0) is 0 Å². The van der Waals surface area contributed by atoms with Gasteiger partial charge in [0.25, 0.3) is 0 Å². The fourth-order valence-corrected chi connectivity index (χ4v) is 0.289. The molecule has 0 unspecified atom stereocenters. The summed E-state index contributed by atoms with van der Waals surface area (Å²) < 4.78 is 0. The van der Waals surface area contributed by atoms with Crippen molar-refractivity contribution in [3.8, 4) is 0 Å². The van der Waals surface area contributed by atoms with Crippen LogP contribution in [0, 0.1) is 0 Å². The molecule has 32 valence electrons. The molecule has 6 radical (unpaired) electrons. The minimum absolute atomic E-state index is 0.775. The SMILES string of the molecule is [B-]CCCC[B-]. The summed E-state index contributed by atoms with van der Waals surface area (Å²) in [6.07, 6.45) is 3.68. The van der Waals surface area contributed by atoms with Gasteiger partial charge in [-0.25, -0.2) is 0 Å². The summed E-state index contributed by atoms with van der Waals surface area (Å²) in [5.74, 6) is 0. The Kier molecular flexibility index (Phi) is 5.24. The molecule has 6 heavy (non-hydrogen) atoms. The largest absolute Gasteiger partial charge is 0.626 e. The van der Waals surface area contributed by atoms with Gasteiger partial charge in [-0.2, -0.15) is 0 Å². The topological polar surface area (TPSA) is 0 Å². The monoisotopic (exact) mass is 78.1 g/mol. The first-order valence-corrected chi connectivity index (χ1v) is 2.32. The summed E-state index contributed by atoms with van der Waals surface area (Å²) in [6.45, 7) is 0. The maximum Gasteiger partial charge on any atom is -0.0958 e. The molecule has 0 aliphatic carbocycles. The molecule has 0 aliphatic heterocycles. The lowest BCUT2D eigenvalue weighted by atomic mass is 9.94. The molecule has 0 heterocycles. The highest BCUT2D eigenvalue weighted by Crippen LogP contribution is 1.93. The Morgan fingerprint density at radius 2 is 1.17 bits per heavy atom.